The van der Waals surface area contributed by atoms with Gasteiger partial charge in [-0.3, -0.25) is 4.99 Å². The molecule has 0 radical (unpaired) electrons. The van der Waals surface area contributed by atoms with E-state index in [0.29, 0.717) is 6.42 Å². The fourth-order valence-electron chi connectivity index (χ4n) is 3.82. The van der Waals surface area contributed by atoms with E-state index in [1.54, 1.807) is 17.5 Å². The molecule has 1 aromatic carbocycles. The van der Waals surface area contributed by atoms with E-state index in [4.69, 9.17) is 9.52 Å². The second-order valence-corrected chi connectivity index (χ2v) is 9.71. The van der Waals surface area contributed by atoms with E-state index in [1.165, 1.54) is 24.5 Å². The van der Waals surface area contributed by atoms with Crippen LogP contribution in [0.1, 0.15) is 44.9 Å². The summed E-state index contributed by atoms with van der Waals surface area (Å²) in [7, 11) is 0. The van der Waals surface area contributed by atoms with Crippen molar-refractivity contribution < 1.29 is 4.52 Å². The number of aryl methyl sites for hydroxylation is 2. The van der Waals surface area contributed by atoms with Gasteiger partial charge in [-0.1, -0.05) is 17.3 Å². The first kappa shape index (κ1) is 18.7. The highest BCUT2D eigenvalue weighted by Crippen LogP contribution is 2.46. The third kappa shape index (κ3) is 3.16. The van der Waals surface area contributed by atoms with Crippen molar-refractivity contribution in [2.45, 2.75) is 33.2 Å². The molecule has 4 heterocycles. The van der Waals surface area contributed by atoms with E-state index in [1.807, 2.05) is 13.1 Å². The van der Waals surface area contributed by atoms with E-state index in [9.17, 15) is 0 Å². The number of hydrogen-bond donors (Lipinski definition) is 1. The standard InChI is InChI=1S/C22H19IN4OS/c1-11-13(3)29-22-18(11)20(14-4-6-15(23)7-5-14)26-16(10-17-24-8-9-25-17)21-19(22)12(2)27-28-21/h4-9,16H,10H2,1-3H3,(H,24,25)/t16-/m0/s1. The molecule has 7 heteroatoms. The molecule has 146 valence electrons. The van der Waals surface area contributed by atoms with Crippen molar-refractivity contribution in [3.63, 3.8) is 0 Å². The normalized spacial score (nSPS) is 15.6. The monoisotopic (exact) mass is 514 g/mol. The maximum atomic E-state index is 5.84. The Morgan fingerprint density at radius 3 is 2.66 bits per heavy atom. The second kappa shape index (κ2) is 7.21. The van der Waals surface area contributed by atoms with E-state index in [0.717, 1.165) is 34.1 Å². The molecule has 1 aliphatic heterocycles. The number of nitrogens with one attached hydrogen (secondary N) is 1. The van der Waals surface area contributed by atoms with Crippen LogP contribution in [0.15, 0.2) is 46.2 Å². The van der Waals surface area contributed by atoms with Crippen LogP contribution in [0.5, 0.6) is 0 Å². The SMILES string of the molecule is Cc1noc2c1-c1sc(C)c(C)c1C(c1ccc(I)cc1)=N[C@H]2Cc1ncc[nH]1. The van der Waals surface area contributed by atoms with E-state index in [2.05, 4.69) is 75.8 Å². The lowest BCUT2D eigenvalue weighted by Gasteiger charge is -2.12. The lowest BCUT2D eigenvalue weighted by molar-refractivity contribution is 0.358. The van der Waals surface area contributed by atoms with Crippen molar-refractivity contribution in [1.29, 1.82) is 0 Å². The lowest BCUT2D eigenvalue weighted by atomic mass is 9.96. The van der Waals surface area contributed by atoms with Crippen LogP contribution >= 0.6 is 33.9 Å². The number of imidazole rings is 1. The fraction of sp³-hybridized carbons (Fsp3) is 0.227. The third-order valence-electron chi connectivity index (χ3n) is 5.39. The van der Waals surface area contributed by atoms with Crippen molar-refractivity contribution in [1.82, 2.24) is 15.1 Å². The maximum absolute atomic E-state index is 5.84. The van der Waals surface area contributed by atoms with Crippen LogP contribution in [-0.2, 0) is 6.42 Å². The molecule has 1 atom stereocenters. The lowest BCUT2D eigenvalue weighted by Crippen LogP contribution is -2.08. The third-order valence-corrected chi connectivity index (χ3v) is 7.33. The van der Waals surface area contributed by atoms with Gasteiger partial charge in [0, 0.05) is 43.3 Å². The molecule has 0 unspecified atom stereocenters. The Bertz CT molecular complexity index is 1220. The molecule has 0 bridgehead atoms. The fourth-order valence-corrected chi connectivity index (χ4v) is 5.44. The minimum absolute atomic E-state index is 0.189. The van der Waals surface area contributed by atoms with E-state index < -0.39 is 0 Å². The van der Waals surface area contributed by atoms with Gasteiger partial charge in [0.2, 0.25) is 0 Å². The summed E-state index contributed by atoms with van der Waals surface area (Å²) in [5.74, 6) is 1.71. The van der Waals surface area contributed by atoms with E-state index in [-0.39, 0.29) is 6.04 Å². The first-order valence-corrected chi connectivity index (χ1v) is 11.3. The van der Waals surface area contributed by atoms with Gasteiger partial charge in [0.05, 0.1) is 17.0 Å². The van der Waals surface area contributed by atoms with Gasteiger partial charge in [0.25, 0.3) is 0 Å². The minimum atomic E-state index is -0.189. The van der Waals surface area contributed by atoms with Gasteiger partial charge in [0.15, 0.2) is 5.76 Å². The van der Waals surface area contributed by atoms with Crippen molar-refractivity contribution in [3.05, 3.63) is 79.1 Å². The molecule has 3 aromatic heterocycles. The van der Waals surface area contributed by atoms with Gasteiger partial charge in [-0.05, 0) is 61.1 Å². The van der Waals surface area contributed by atoms with Crippen LogP contribution in [0, 0.1) is 24.3 Å². The number of aromatic amines is 1. The van der Waals surface area contributed by atoms with Crippen LogP contribution < -0.4 is 0 Å². The molecular weight excluding hydrogens is 495 g/mol. The number of thiophene rings is 1. The van der Waals surface area contributed by atoms with Crippen LogP contribution in [0.3, 0.4) is 0 Å². The number of aromatic nitrogens is 3. The highest BCUT2D eigenvalue weighted by atomic mass is 127. The number of hydrogen-bond acceptors (Lipinski definition) is 5. The number of aliphatic imine (C=N–C) groups is 1. The summed E-state index contributed by atoms with van der Waals surface area (Å²) < 4.78 is 7.05. The van der Waals surface area contributed by atoms with Gasteiger partial charge in [-0.25, -0.2) is 4.98 Å². The summed E-state index contributed by atoms with van der Waals surface area (Å²) in [5.41, 5.74) is 6.59. The molecular formula is C22H19IN4OS. The van der Waals surface area contributed by atoms with Crippen molar-refractivity contribution >= 4 is 39.6 Å². The molecule has 4 aromatic rings. The Labute approximate surface area is 186 Å². The Balaban J connectivity index is 1.78. The minimum Gasteiger partial charge on any atom is -0.358 e. The highest BCUT2D eigenvalue weighted by Gasteiger charge is 2.33. The average Bonchev–Trinajstić information content (AvgIpc) is 3.39. The number of H-pyrrole nitrogens is 1. The number of halogens is 1. The van der Waals surface area contributed by atoms with Gasteiger partial charge in [-0.15, -0.1) is 11.3 Å². The summed E-state index contributed by atoms with van der Waals surface area (Å²) >= 11 is 4.13. The zero-order valence-corrected chi connectivity index (χ0v) is 19.3. The smallest absolute Gasteiger partial charge is 0.170 e. The number of nitrogens with zero attached hydrogens (tertiary/aromatic N) is 3. The zero-order valence-electron chi connectivity index (χ0n) is 16.3. The molecule has 0 fully saturated rings. The molecule has 29 heavy (non-hydrogen) atoms. The predicted octanol–water partition coefficient (Wildman–Crippen LogP) is 5.79. The van der Waals surface area contributed by atoms with Crippen LogP contribution in [0.4, 0.5) is 0 Å². The molecule has 0 amide bonds. The molecule has 1 aliphatic rings. The van der Waals surface area contributed by atoms with E-state index >= 15 is 0 Å². The largest absolute Gasteiger partial charge is 0.358 e. The van der Waals surface area contributed by atoms with Crippen LogP contribution in [0.2, 0.25) is 0 Å². The van der Waals surface area contributed by atoms with Crippen molar-refractivity contribution in [2.75, 3.05) is 0 Å². The zero-order chi connectivity index (χ0) is 20.1. The summed E-state index contributed by atoms with van der Waals surface area (Å²) in [5, 5.41) is 4.30. The van der Waals surface area contributed by atoms with Crippen molar-refractivity contribution in [3.8, 4) is 10.4 Å². The number of benzene rings is 1. The highest BCUT2D eigenvalue weighted by molar-refractivity contribution is 14.1. The number of fused-ring (bicyclic) bond motifs is 3. The Kier molecular flexibility index (Phi) is 4.66. The first-order chi connectivity index (χ1) is 14.0. The quantitative estimate of drug-likeness (QED) is 0.352. The van der Waals surface area contributed by atoms with Crippen LogP contribution in [0.25, 0.3) is 10.4 Å². The summed E-state index contributed by atoms with van der Waals surface area (Å²) in [6.07, 6.45) is 4.24. The maximum Gasteiger partial charge on any atom is 0.170 e. The molecule has 5 rings (SSSR count). The topological polar surface area (TPSA) is 67.1 Å². The Morgan fingerprint density at radius 1 is 1.14 bits per heavy atom. The number of rotatable bonds is 3. The van der Waals surface area contributed by atoms with Gasteiger partial charge >= 0.3 is 0 Å². The molecule has 0 spiro atoms. The van der Waals surface area contributed by atoms with Crippen LogP contribution in [-0.4, -0.2) is 20.8 Å². The molecule has 0 saturated carbocycles. The molecule has 0 saturated heterocycles. The summed E-state index contributed by atoms with van der Waals surface area (Å²) in [6, 6.07) is 8.37. The Hall–Kier alpha value is -2.26. The molecule has 1 N–H and O–H groups in total. The van der Waals surface area contributed by atoms with Gasteiger partial charge in [0.1, 0.15) is 11.9 Å². The van der Waals surface area contributed by atoms with Crippen molar-refractivity contribution in [2.24, 2.45) is 4.99 Å². The predicted molar refractivity (Wildman–Crippen MR) is 124 cm³/mol. The average molecular weight is 514 g/mol. The summed E-state index contributed by atoms with van der Waals surface area (Å²) in [6.45, 7) is 6.36. The summed E-state index contributed by atoms with van der Waals surface area (Å²) in [4.78, 5) is 15.4. The van der Waals surface area contributed by atoms with Gasteiger partial charge in [-0.2, -0.15) is 0 Å². The molecule has 5 nitrogen and oxygen atoms in total. The molecule has 0 aliphatic carbocycles. The Morgan fingerprint density at radius 2 is 1.93 bits per heavy atom. The second-order valence-electron chi connectivity index (χ2n) is 7.23. The first-order valence-electron chi connectivity index (χ1n) is 9.41. The van der Waals surface area contributed by atoms with Gasteiger partial charge < -0.3 is 9.51 Å².